The van der Waals surface area contributed by atoms with E-state index < -0.39 is 11.7 Å². The molecule has 5 heterocycles. The molecule has 0 aliphatic carbocycles. The van der Waals surface area contributed by atoms with E-state index in [9.17, 15) is 18.4 Å². The van der Waals surface area contributed by atoms with Crippen molar-refractivity contribution in [2.24, 2.45) is 5.92 Å². The van der Waals surface area contributed by atoms with Gasteiger partial charge < -0.3 is 14.5 Å². The third-order valence-electron chi connectivity index (χ3n) is 6.25. The number of hydrogen-bond acceptors (Lipinski definition) is 6. The highest BCUT2D eigenvalue weighted by atomic mass is 19.4. The second-order valence-electron chi connectivity index (χ2n) is 8.00. The monoisotopic (exact) mass is 415 g/mol. The van der Waals surface area contributed by atoms with Gasteiger partial charge in [0.1, 0.15) is 17.7 Å². The van der Waals surface area contributed by atoms with Gasteiger partial charge in [-0.05, 0) is 24.6 Å². The molecule has 156 valence electrons. The maximum absolute atomic E-state index is 12.8. The number of nitrogens with zero attached hydrogens (tertiary/aromatic N) is 5. The molecule has 0 bridgehead atoms. The predicted molar refractivity (Wildman–Crippen MR) is 103 cm³/mol. The van der Waals surface area contributed by atoms with Gasteiger partial charge in [-0.3, -0.25) is 0 Å². The molecule has 3 aliphatic rings. The molecule has 2 atom stereocenters. The summed E-state index contributed by atoms with van der Waals surface area (Å²) in [5.74, 6) is 1.63. The zero-order chi connectivity index (χ0) is 20.9. The maximum atomic E-state index is 12.8. The van der Waals surface area contributed by atoms with Gasteiger partial charge in [0.25, 0.3) is 0 Å². The summed E-state index contributed by atoms with van der Waals surface area (Å²) >= 11 is 0. The summed E-state index contributed by atoms with van der Waals surface area (Å²) in [4.78, 5) is 13.1. The average Bonchev–Trinajstić information content (AvgIpc) is 3.33. The van der Waals surface area contributed by atoms with Gasteiger partial charge in [-0.15, -0.1) is 0 Å². The minimum atomic E-state index is -4.39. The number of ether oxygens (including phenoxy) is 1. The van der Waals surface area contributed by atoms with E-state index in [1.165, 1.54) is 6.07 Å². The number of fused-ring (bicyclic) bond motifs is 2. The highest BCUT2D eigenvalue weighted by molar-refractivity contribution is 5.59. The summed E-state index contributed by atoms with van der Waals surface area (Å²) in [6.45, 7) is 3.32. The molecule has 0 radical (unpaired) electrons. The number of aromatic nitrogens is 2. The van der Waals surface area contributed by atoms with Crippen LogP contribution in [0.2, 0.25) is 0 Å². The molecule has 6 nitrogen and oxygen atoms in total. The van der Waals surface area contributed by atoms with Crippen molar-refractivity contribution in [3.05, 3.63) is 46.8 Å². The van der Waals surface area contributed by atoms with Crippen LogP contribution in [-0.2, 0) is 23.9 Å². The first-order chi connectivity index (χ1) is 14.4. The van der Waals surface area contributed by atoms with Crippen LogP contribution in [0.1, 0.15) is 28.8 Å². The number of nitriles is 1. The van der Waals surface area contributed by atoms with Crippen molar-refractivity contribution in [3.63, 3.8) is 0 Å². The Bertz CT molecular complexity index is 1000. The quantitative estimate of drug-likeness (QED) is 0.751. The molecule has 2 fully saturated rings. The van der Waals surface area contributed by atoms with Crippen molar-refractivity contribution in [3.8, 4) is 6.07 Å². The van der Waals surface area contributed by atoms with Gasteiger partial charge in [0.05, 0.1) is 36.1 Å². The van der Waals surface area contributed by atoms with Gasteiger partial charge in [0.2, 0.25) is 0 Å². The molecule has 0 aromatic carbocycles. The minimum absolute atomic E-state index is 0.159. The Morgan fingerprint density at radius 3 is 2.83 bits per heavy atom. The molecule has 30 heavy (non-hydrogen) atoms. The fourth-order valence-electron chi connectivity index (χ4n) is 4.73. The lowest BCUT2D eigenvalue weighted by Gasteiger charge is -2.28. The van der Waals surface area contributed by atoms with Crippen molar-refractivity contribution >= 4 is 11.6 Å². The van der Waals surface area contributed by atoms with Gasteiger partial charge in [0.15, 0.2) is 0 Å². The zero-order valence-electron chi connectivity index (χ0n) is 16.2. The summed E-state index contributed by atoms with van der Waals surface area (Å²) < 4.78 is 43.9. The van der Waals surface area contributed by atoms with E-state index in [0.717, 1.165) is 49.5 Å². The first-order valence-corrected chi connectivity index (χ1v) is 9.99. The van der Waals surface area contributed by atoms with Crippen molar-refractivity contribution in [2.75, 3.05) is 36.0 Å². The molecule has 0 N–H and O–H groups in total. The fraction of sp³-hybridized carbons (Fsp3) is 0.476. The van der Waals surface area contributed by atoms with Crippen LogP contribution in [0.15, 0.2) is 24.4 Å². The van der Waals surface area contributed by atoms with Crippen LogP contribution in [0.3, 0.4) is 0 Å². The summed E-state index contributed by atoms with van der Waals surface area (Å²) in [6.07, 6.45) is -1.81. The third-order valence-corrected chi connectivity index (χ3v) is 6.25. The van der Waals surface area contributed by atoms with Crippen LogP contribution < -0.4 is 9.80 Å². The Morgan fingerprint density at radius 2 is 2.10 bits per heavy atom. The molecular formula is C21H20F3N5O. The van der Waals surface area contributed by atoms with Crippen LogP contribution in [0, 0.1) is 17.2 Å². The van der Waals surface area contributed by atoms with Crippen molar-refractivity contribution < 1.29 is 17.9 Å². The Hall–Kier alpha value is -2.86. The molecule has 0 saturated carbocycles. The molecule has 0 amide bonds. The molecule has 5 rings (SSSR count). The predicted octanol–water partition coefficient (Wildman–Crippen LogP) is 3.15. The van der Waals surface area contributed by atoms with E-state index in [0.29, 0.717) is 42.9 Å². The maximum Gasteiger partial charge on any atom is 0.417 e. The smallest absolute Gasteiger partial charge is 0.376 e. The zero-order valence-corrected chi connectivity index (χ0v) is 16.2. The van der Waals surface area contributed by atoms with E-state index in [1.54, 1.807) is 0 Å². The first kappa shape index (κ1) is 19.1. The Labute approximate surface area is 171 Å². The van der Waals surface area contributed by atoms with Crippen LogP contribution in [0.4, 0.5) is 24.8 Å². The number of anilines is 2. The Morgan fingerprint density at radius 1 is 1.23 bits per heavy atom. The largest absolute Gasteiger partial charge is 0.417 e. The molecule has 2 aromatic heterocycles. The highest BCUT2D eigenvalue weighted by Crippen LogP contribution is 2.38. The van der Waals surface area contributed by atoms with E-state index in [2.05, 4.69) is 16.0 Å². The summed E-state index contributed by atoms with van der Waals surface area (Å²) in [5, 5.41) is 9.67. The second kappa shape index (κ2) is 7.13. The molecule has 2 saturated heterocycles. The summed E-state index contributed by atoms with van der Waals surface area (Å²) in [6, 6.07) is 6.83. The lowest BCUT2D eigenvalue weighted by atomic mass is 10.0. The Kier molecular flexibility index (Phi) is 4.54. The van der Waals surface area contributed by atoms with E-state index >= 15 is 0 Å². The number of rotatable bonds is 2. The first-order valence-electron chi connectivity index (χ1n) is 9.99. The molecular weight excluding hydrogens is 395 g/mol. The topological polar surface area (TPSA) is 65.3 Å². The number of halogens is 3. The summed E-state index contributed by atoms with van der Waals surface area (Å²) in [7, 11) is 0. The van der Waals surface area contributed by atoms with E-state index in [4.69, 9.17) is 9.72 Å². The van der Waals surface area contributed by atoms with Crippen LogP contribution in [-0.4, -0.2) is 42.3 Å². The second-order valence-corrected chi connectivity index (χ2v) is 8.00. The minimum Gasteiger partial charge on any atom is -0.376 e. The number of alkyl halides is 3. The molecule has 2 aromatic rings. The van der Waals surface area contributed by atoms with Gasteiger partial charge in [-0.1, -0.05) is 0 Å². The van der Waals surface area contributed by atoms with Crippen molar-refractivity contribution in [2.45, 2.75) is 31.7 Å². The van der Waals surface area contributed by atoms with Crippen LogP contribution in [0.25, 0.3) is 0 Å². The normalized spacial score (nSPS) is 23.3. The van der Waals surface area contributed by atoms with Crippen molar-refractivity contribution in [1.29, 1.82) is 5.26 Å². The lowest BCUT2D eigenvalue weighted by molar-refractivity contribution is -0.137. The number of hydrogen-bond donors (Lipinski definition) is 0. The highest BCUT2D eigenvalue weighted by Gasteiger charge is 2.43. The van der Waals surface area contributed by atoms with Gasteiger partial charge >= 0.3 is 6.18 Å². The summed E-state index contributed by atoms with van der Waals surface area (Å²) in [5.41, 5.74) is 1.76. The van der Waals surface area contributed by atoms with Crippen LogP contribution >= 0.6 is 0 Å². The molecule has 2 unspecified atom stereocenters. The fourth-order valence-corrected chi connectivity index (χ4v) is 4.73. The van der Waals surface area contributed by atoms with E-state index in [-0.39, 0.29) is 6.04 Å². The van der Waals surface area contributed by atoms with Crippen molar-refractivity contribution in [1.82, 2.24) is 9.97 Å². The SMILES string of the molecule is N#Cc1cc2c(nc1N1CCC3CN(c4ccc(C(F)(F)F)cn4)CC31)CCOC2. The van der Waals surface area contributed by atoms with E-state index in [1.807, 2.05) is 11.0 Å². The molecule has 0 spiro atoms. The molecule has 3 aliphatic heterocycles. The lowest BCUT2D eigenvalue weighted by Crippen LogP contribution is -2.37. The van der Waals surface area contributed by atoms with Gasteiger partial charge in [-0.25, -0.2) is 9.97 Å². The third kappa shape index (κ3) is 3.25. The Balaban J connectivity index is 1.39. The van der Waals surface area contributed by atoms with Gasteiger partial charge in [-0.2, -0.15) is 18.4 Å². The molecule has 9 heteroatoms. The number of pyridine rings is 2. The van der Waals surface area contributed by atoms with Gasteiger partial charge in [0, 0.05) is 43.7 Å². The standard InChI is InChI=1S/C21H20F3N5O/c22-21(23,24)16-1-2-19(26-9-16)28-10-13-3-5-29(18(13)11-28)20-14(8-25)7-15-12-30-6-4-17(15)27-20/h1-2,7,9,13,18H,3-6,10-12H2. The van der Waals surface area contributed by atoms with Crippen LogP contribution in [0.5, 0.6) is 0 Å². The average molecular weight is 415 g/mol.